The summed E-state index contributed by atoms with van der Waals surface area (Å²) >= 11 is 0. The molecule has 0 aromatic rings. The summed E-state index contributed by atoms with van der Waals surface area (Å²) in [6, 6.07) is 0. The maximum Gasteiger partial charge on any atom is 0.472 e. The van der Waals surface area contributed by atoms with Gasteiger partial charge in [0.15, 0.2) is 0 Å². The molecule has 0 aromatic heterocycles. The Hall–Kier alpha value is -0.950. The summed E-state index contributed by atoms with van der Waals surface area (Å²) in [6.45, 7) is -0.457. The van der Waals surface area contributed by atoms with Crippen LogP contribution in [-0.4, -0.2) is 44.3 Å². The molecule has 0 atom stereocenters. The lowest BCUT2D eigenvalue weighted by Crippen LogP contribution is -2.06. The predicted octanol–water partition coefficient (Wildman–Crippen LogP) is -0.534. The van der Waals surface area contributed by atoms with Crippen LogP contribution < -0.4 is 0 Å². The van der Waals surface area contributed by atoms with Crippen molar-refractivity contribution in [3.63, 3.8) is 0 Å². The summed E-state index contributed by atoms with van der Waals surface area (Å²) in [4.78, 5) is 28.3. The molecule has 0 fully saturated rings. The lowest BCUT2D eigenvalue weighted by Gasteiger charge is -2.10. The Kier molecular flexibility index (Phi) is 7.84. The van der Waals surface area contributed by atoms with Crippen LogP contribution in [0.2, 0.25) is 0 Å². The van der Waals surface area contributed by atoms with Crippen molar-refractivity contribution < 1.29 is 37.6 Å². The lowest BCUT2D eigenvalue weighted by molar-refractivity contribution is -0.129. The molecule has 0 rings (SSSR count). The van der Waals surface area contributed by atoms with E-state index < -0.39 is 7.82 Å². The molecule has 0 amide bonds. The van der Waals surface area contributed by atoms with Crippen LogP contribution in [0.5, 0.6) is 0 Å². The van der Waals surface area contributed by atoms with E-state index >= 15 is 0 Å². The maximum absolute atomic E-state index is 11.0. The number of carbonyl (C=O) groups excluding carboxylic acids is 2. The number of hydrogen-bond donors (Lipinski definition) is 1. The molecule has 0 radical (unpaired) electrons. The van der Waals surface area contributed by atoms with Gasteiger partial charge >= 0.3 is 7.82 Å². The third-order valence-electron chi connectivity index (χ3n) is 1.05. The van der Waals surface area contributed by atoms with Crippen LogP contribution in [0.25, 0.3) is 0 Å². The fraction of sp³-hybridized carbons (Fsp3) is 0.667. The van der Waals surface area contributed by atoms with Crippen LogP contribution in [0.3, 0.4) is 0 Å². The Labute approximate surface area is 85.7 Å². The van der Waals surface area contributed by atoms with Crippen molar-refractivity contribution in [3.8, 4) is 0 Å². The molecule has 0 spiro atoms. The second kappa shape index (κ2) is 8.37. The largest absolute Gasteiger partial charge is 0.472 e. The zero-order valence-electron chi connectivity index (χ0n) is 7.74. The number of phosphoric ester groups is 1. The summed E-state index contributed by atoms with van der Waals surface area (Å²) < 4.78 is 28.1. The van der Waals surface area contributed by atoms with Crippen LogP contribution in [0, 0.1) is 0 Å². The van der Waals surface area contributed by atoms with Gasteiger partial charge < -0.3 is 14.4 Å². The smallest absolute Gasteiger partial charge is 0.465 e. The Balaban J connectivity index is 3.53. The van der Waals surface area contributed by atoms with Crippen molar-refractivity contribution in [1.82, 2.24) is 0 Å². The standard InChI is InChI=1S/C6H11O8P/c7-5-11-1-3-13-15(9,10)14-4-2-12-6-8/h5-6H,1-4H2,(H,9,10). The first-order valence-electron chi connectivity index (χ1n) is 3.85. The van der Waals surface area contributed by atoms with Crippen LogP contribution in [0.1, 0.15) is 0 Å². The van der Waals surface area contributed by atoms with Gasteiger partial charge in [0.25, 0.3) is 12.9 Å². The van der Waals surface area contributed by atoms with Crippen LogP contribution >= 0.6 is 7.82 Å². The normalized spacial score (nSPS) is 10.7. The summed E-state index contributed by atoms with van der Waals surface area (Å²) in [5.74, 6) is 0. The first-order chi connectivity index (χ1) is 7.12. The topological polar surface area (TPSA) is 108 Å². The molecule has 1 N–H and O–H groups in total. The lowest BCUT2D eigenvalue weighted by atomic mass is 10.8. The Morgan fingerprint density at radius 1 is 0.933 bits per heavy atom. The molecule has 0 aliphatic carbocycles. The summed E-state index contributed by atoms with van der Waals surface area (Å²) in [7, 11) is -4.16. The van der Waals surface area contributed by atoms with Crippen molar-refractivity contribution in [2.24, 2.45) is 0 Å². The van der Waals surface area contributed by atoms with Gasteiger partial charge in [0.2, 0.25) is 0 Å². The van der Waals surface area contributed by atoms with E-state index in [0.717, 1.165) is 0 Å². The second-order valence-corrected chi connectivity index (χ2v) is 3.52. The quantitative estimate of drug-likeness (QED) is 0.309. The molecule has 0 saturated heterocycles. The van der Waals surface area contributed by atoms with Crippen molar-refractivity contribution >= 4 is 20.8 Å². The van der Waals surface area contributed by atoms with E-state index in [2.05, 4.69) is 18.5 Å². The van der Waals surface area contributed by atoms with Gasteiger partial charge in [0, 0.05) is 0 Å². The average Bonchev–Trinajstić information content (AvgIpc) is 2.20. The maximum atomic E-state index is 11.0. The van der Waals surface area contributed by atoms with Gasteiger partial charge in [-0.05, 0) is 0 Å². The van der Waals surface area contributed by atoms with E-state index in [9.17, 15) is 14.2 Å². The van der Waals surface area contributed by atoms with Crippen LogP contribution in [0.15, 0.2) is 0 Å². The SMILES string of the molecule is O=COCCOP(=O)(O)OCCOC=O. The highest BCUT2D eigenvalue weighted by atomic mass is 31.2. The third-order valence-corrected chi connectivity index (χ3v) is 2.07. The zero-order valence-corrected chi connectivity index (χ0v) is 8.63. The Morgan fingerprint density at radius 2 is 1.33 bits per heavy atom. The molecule has 8 nitrogen and oxygen atoms in total. The molecular weight excluding hydrogens is 231 g/mol. The number of hydrogen-bond acceptors (Lipinski definition) is 7. The van der Waals surface area contributed by atoms with E-state index in [1.54, 1.807) is 0 Å². The predicted molar refractivity (Wildman–Crippen MR) is 45.8 cm³/mol. The highest BCUT2D eigenvalue weighted by Crippen LogP contribution is 2.42. The highest BCUT2D eigenvalue weighted by molar-refractivity contribution is 7.47. The van der Waals surface area contributed by atoms with Crippen molar-refractivity contribution in [1.29, 1.82) is 0 Å². The summed E-state index contributed by atoms with van der Waals surface area (Å²) in [5.41, 5.74) is 0. The molecule has 9 heteroatoms. The molecule has 0 aliphatic rings. The van der Waals surface area contributed by atoms with Gasteiger partial charge in [-0.25, -0.2) is 4.57 Å². The highest BCUT2D eigenvalue weighted by Gasteiger charge is 2.20. The third kappa shape index (κ3) is 9.36. The molecule has 15 heavy (non-hydrogen) atoms. The fourth-order valence-corrected chi connectivity index (χ4v) is 1.22. The minimum atomic E-state index is -4.16. The molecule has 0 aliphatic heterocycles. The average molecular weight is 242 g/mol. The van der Waals surface area contributed by atoms with Crippen molar-refractivity contribution in [3.05, 3.63) is 0 Å². The molecule has 88 valence electrons. The Bertz CT molecular complexity index is 209. The van der Waals surface area contributed by atoms with Gasteiger partial charge in [-0.1, -0.05) is 0 Å². The van der Waals surface area contributed by atoms with Crippen molar-refractivity contribution in [2.75, 3.05) is 26.4 Å². The summed E-state index contributed by atoms with van der Waals surface area (Å²) in [5, 5.41) is 0. The first kappa shape index (κ1) is 14.1. The van der Waals surface area contributed by atoms with Crippen molar-refractivity contribution in [2.45, 2.75) is 0 Å². The van der Waals surface area contributed by atoms with E-state index in [0.29, 0.717) is 0 Å². The van der Waals surface area contributed by atoms with Gasteiger partial charge in [-0.3, -0.25) is 18.6 Å². The molecule has 0 heterocycles. The van der Waals surface area contributed by atoms with E-state index in [1.165, 1.54) is 0 Å². The van der Waals surface area contributed by atoms with Gasteiger partial charge in [-0.2, -0.15) is 0 Å². The fourth-order valence-electron chi connectivity index (χ4n) is 0.535. The van der Waals surface area contributed by atoms with Gasteiger partial charge in [-0.15, -0.1) is 0 Å². The minimum absolute atomic E-state index is 0.151. The second-order valence-electron chi connectivity index (χ2n) is 2.07. The van der Waals surface area contributed by atoms with Gasteiger partial charge in [0.05, 0.1) is 13.2 Å². The Morgan fingerprint density at radius 3 is 1.67 bits per heavy atom. The number of ether oxygens (including phenoxy) is 2. The van der Waals surface area contributed by atoms with E-state index in [1.807, 2.05) is 0 Å². The monoisotopic (exact) mass is 242 g/mol. The minimum Gasteiger partial charge on any atom is -0.465 e. The number of phosphoric acid groups is 1. The number of carbonyl (C=O) groups is 2. The molecular formula is C6H11O8P. The zero-order chi connectivity index (χ0) is 11.6. The van der Waals surface area contributed by atoms with E-state index in [-0.39, 0.29) is 39.4 Å². The molecule has 0 saturated carbocycles. The molecule has 0 aromatic carbocycles. The molecule has 0 unspecified atom stereocenters. The summed E-state index contributed by atoms with van der Waals surface area (Å²) in [6.07, 6.45) is 0. The molecule has 0 bridgehead atoms. The van der Waals surface area contributed by atoms with Crippen LogP contribution in [0.4, 0.5) is 0 Å². The first-order valence-corrected chi connectivity index (χ1v) is 5.34. The van der Waals surface area contributed by atoms with Gasteiger partial charge in [0.1, 0.15) is 13.2 Å². The van der Waals surface area contributed by atoms with E-state index in [4.69, 9.17) is 4.89 Å². The number of rotatable bonds is 10. The van der Waals surface area contributed by atoms with Crippen LogP contribution in [-0.2, 0) is 32.7 Å².